The zero-order chi connectivity index (χ0) is 24.1. The van der Waals surface area contributed by atoms with Gasteiger partial charge in [-0.3, -0.25) is 14.4 Å². The van der Waals surface area contributed by atoms with Gasteiger partial charge in [-0.1, -0.05) is 19.4 Å². The second-order valence-electron chi connectivity index (χ2n) is 7.06. The Morgan fingerprint density at radius 1 is 0.848 bits per heavy atom. The molecule has 9 heteroatoms. The number of nitrogens with one attached hydrogen (secondary N) is 2. The third kappa shape index (κ3) is 9.42. The summed E-state index contributed by atoms with van der Waals surface area (Å²) < 4.78 is 15.1. The average Bonchev–Trinajstić information content (AvgIpc) is 2.82. The SMILES string of the molecule is CCCCOC(=O)c1cccc(NC(=O)CCC(=O)OCC(=O)Nc2ccc(OC)cc2)c1. The van der Waals surface area contributed by atoms with E-state index in [0.717, 1.165) is 12.8 Å². The molecular formula is C24H28N2O7. The minimum absolute atomic E-state index is 0.135. The lowest BCUT2D eigenvalue weighted by molar-refractivity contribution is -0.147. The van der Waals surface area contributed by atoms with E-state index in [1.54, 1.807) is 42.5 Å². The van der Waals surface area contributed by atoms with Gasteiger partial charge in [-0.2, -0.15) is 0 Å². The first-order chi connectivity index (χ1) is 15.9. The predicted octanol–water partition coefficient (Wildman–Crippen LogP) is 3.55. The van der Waals surface area contributed by atoms with E-state index in [9.17, 15) is 19.2 Å². The van der Waals surface area contributed by atoms with Crippen LogP contribution >= 0.6 is 0 Å². The van der Waals surface area contributed by atoms with Crippen LogP contribution in [0.3, 0.4) is 0 Å². The standard InChI is InChI=1S/C24H28N2O7/c1-3-4-14-32-24(30)17-6-5-7-19(15-17)26-21(27)12-13-23(29)33-16-22(28)25-18-8-10-20(31-2)11-9-18/h5-11,15H,3-4,12-14,16H2,1-2H3,(H,25,28)(H,26,27). The van der Waals surface area contributed by atoms with Crippen LogP contribution in [0.1, 0.15) is 43.0 Å². The van der Waals surface area contributed by atoms with Crippen molar-refractivity contribution in [3.05, 3.63) is 54.1 Å². The summed E-state index contributed by atoms with van der Waals surface area (Å²) in [5.74, 6) is -1.41. The number of hydrogen-bond acceptors (Lipinski definition) is 7. The Morgan fingerprint density at radius 3 is 2.27 bits per heavy atom. The van der Waals surface area contributed by atoms with Crippen LogP contribution in [-0.2, 0) is 23.9 Å². The van der Waals surface area contributed by atoms with E-state index in [-0.39, 0.29) is 12.8 Å². The molecule has 0 heterocycles. The van der Waals surface area contributed by atoms with Crippen molar-refractivity contribution >= 4 is 35.1 Å². The summed E-state index contributed by atoms with van der Waals surface area (Å²) in [6.07, 6.45) is 1.37. The van der Waals surface area contributed by atoms with E-state index in [2.05, 4.69) is 10.6 Å². The Morgan fingerprint density at radius 2 is 1.58 bits per heavy atom. The summed E-state index contributed by atoms with van der Waals surface area (Å²) in [5.41, 5.74) is 1.27. The minimum Gasteiger partial charge on any atom is -0.497 e. The van der Waals surface area contributed by atoms with E-state index in [4.69, 9.17) is 14.2 Å². The Balaban J connectivity index is 1.71. The number of methoxy groups -OCH3 is 1. The first-order valence-electron chi connectivity index (χ1n) is 10.6. The second-order valence-corrected chi connectivity index (χ2v) is 7.06. The smallest absolute Gasteiger partial charge is 0.338 e. The highest BCUT2D eigenvalue weighted by atomic mass is 16.5. The molecule has 0 atom stereocenters. The minimum atomic E-state index is -0.678. The van der Waals surface area contributed by atoms with Crippen molar-refractivity contribution in [1.82, 2.24) is 0 Å². The number of carbonyl (C=O) groups is 4. The molecule has 2 amide bonds. The van der Waals surface area contributed by atoms with Crippen LogP contribution in [0.2, 0.25) is 0 Å². The van der Waals surface area contributed by atoms with Crippen molar-refractivity contribution in [2.24, 2.45) is 0 Å². The second kappa shape index (κ2) is 13.5. The van der Waals surface area contributed by atoms with Gasteiger partial charge in [0.05, 0.1) is 25.7 Å². The Bertz CT molecular complexity index is 958. The molecule has 176 valence electrons. The van der Waals surface area contributed by atoms with Crippen molar-refractivity contribution in [3.63, 3.8) is 0 Å². The van der Waals surface area contributed by atoms with E-state index < -0.39 is 30.4 Å². The highest BCUT2D eigenvalue weighted by molar-refractivity contribution is 5.96. The number of anilines is 2. The third-order valence-corrected chi connectivity index (χ3v) is 4.41. The van der Waals surface area contributed by atoms with Crippen LogP contribution in [0.25, 0.3) is 0 Å². The molecule has 2 aromatic carbocycles. The molecule has 33 heavy (non-hydrogen) atoms. The maximum Gasteiger partial charge on any atom is 0.338 e. The van der Waals surface area contributed by atoms with Crippen LogP contribution in [-0.4, -0.2) is 44.1 Å². The fraction of sp³-hybridized carbons (Fsp3) is 0.333. The van der Waals surface area contributed by atoms with Gasteiger partial charge in [0.15, 0.2) is 6.61 Å². The molecule has 2 aromatic rings. The molecule has 0 spiro atoms. The summed E-state index contributed by atoms with van der Waals surface area (Å²) in [6.45, 7) is 1.87. The molecule has 9 nitrogen and oxygen atoms in total. The molecule has 0 saturated carbocycles. The molecule has 2 N–H and O–H groups in total. The lowest BCUT2D eigenvalue weighted by Gasteiger charge is -2.09. The molecule has 0 bridgehead atoms. The summed E-state index contributed by atoms with van der Waals surface area (Å²) in [6, 6.07) is 13.0. The lowest BCUT2D eigenvalue weighted by atomic mass is 10.2. The van der Waals surface area contributed by atoms with Gasteiger partial charge in [-0.05, 0) is 48.9 Å². The van der Waals surface area contributed by atoms with E-state index in [0.29, 0.717) is 29.3 Å². The monoisotopic (exact) mass is 456 g/mol. The van der Waals surface area contributed by atoms with Gasteiger partial charge in [0.25, 0.3) is 5.91 Å². The number of esters is 2. The van der Waals surface area contributed by atoms with Crippen LogP contribution in [0.5, 0.6) is 5.75 Å². The lowest BCUT2D eigenvalue weighted by Crippen LogP contribution is -2.21. The number of ether oxygens (including phenoxy) is 3. The number of unbranched alkanes of at least 4 members (excludes halogenated alkanes) is 1. The zero-order valence-corrected chi connectivity index (χ0v) is 18.7. The fourth-order valence-electron chi connectivity index (χ4n) is 2.65. The van der Waals surface area contributed by atoms with Crippen molar-refractivity contribution in [2.75, 3.05) is 31.0 Å². The van der Waals surface area contributed by atoms with Gasteiger partial charge in [-0.25, -0.2) is 4.79 Å². The molecule has 0 unspecified atom stereocenters. The number of amides is 2. The summed E-state index contributed by atoms with van der Waals surface area (Å²) >= 11 is 0. The van der Waals surface area contributed by atoms with Gasteiger partial charge < -0.3 is 24.8 Å². The van der Waals surface area contributed by atoms with Crippen molar-refractivity contribution in [3.8, 4) is 5.75 Å². The molecule has 0 aliphatic heterocycles. The Kier molecular flexibility index (Phi) is 10.4. The maximum atomic E-state index is 12.1. The van der Waals surface area contributed by atoms with Crippen molar-refractivity contribution in [2.45, 2.75) is 32.6 Å². The van der Waals surface area contributed by atoms with Crippen LogP contribution in [0, 0.1) is 0 Å². The molecular weight excluding hydrogens is 428 g/mol. The van der Waals surface area contributed by atoms with Gasteiger partial charge in [0.1, 0.15) is 5.75 Å². The van der Waals surface area contributed by atoms with E-state index in [1.807, 2.05) is 6.92 Å². The first kappa shape index (κ1) is 25.4. The van der Waals surface area contributed by atoms with Crippen LogP contribution in [0.15, 0.2) is 48.5 Å². The van der Waals surface area contributed by atoms with E-state index in [1.165, 1.54) is 13.2 Å². The summed E-state index contributed by atoms with van der Waals surface area (Å²) in [7, 11) is 1.54. The van der Waals surface area contributed by atoms with Gasteiger partial charge in [0, 0.05) is 17.8 Å². The molecule has 0 aliphatic carbocycles. The quantitative estimate of drug-likeness (QED) is 0.370. The maximum absolute atomic E-state index is 12.1. The van der Waals surface area contributed by atoms with Crippen LogP contribution < -0.4 is 15.4 Å². The number of rotatable bonds is 12. The molecule has 0 aromatic heterocycles. The van der Waals surface area contributed by atoms with Gasteiger partial charge in [-0.15, -0.1) is 0 Å². The molecule has 0 fully saturated rings. The molecule has 2 rings (SSSR count). The Labute approximate surface area is 192 Å². The summed E-state index contributed by atoms with van der Waals surface area (Å²) in [5, 5.41) is 5.21. The third-order valence-electron chi connectivity index (χ3n) is 4.41. The normalized spacial score (nSPS) is 10.1. The zero-order valence-electron chi connectivity index (χ0n) is 18.7. The number of hydrogen-bond donors (Lipinski definition) is 2. The molecule has 0 saturated heterocycles. The molecule has 0 aliphatic rings. The highest BCUT2D eigenvalue weighted by Crippen LogP contribution is 2.15. The molecule has 0 radical (unpaired) electrons. The first-order valence-corrected chi connectivity index (χ1v) is 10.6. The number of carbonyl (C=O) groups excluding carboxylic acids is 4. The van der Waals surface area contributed by atoms with Crippen molar-refractivity contribution < 1.29 is 33.4 Å². The largest absolute Gasteiger partial charge is 0.497 e. The summed E-state index contributed by atoms with van der Waals surface area (Å²) in [4.78, 5) is 47.9. The predicted molar refractivity (Wildman–Crippen MR) is 122 cm³/mol. The Hall–Kier alpha value is -3.88. The highest BCUT2D eigenvalue weighted by Gasteiger charge is 2.12. The topological polar surface area (TPSA) is 120 Å². The number of benzene rings is 2. The van der Waals surface area contributed by atoms with Crippen molar-refractivity contribution in [1.29, 1.82) is 0 Å². The van der Waals surface area contributed by atoms with Crippen LogP contribution in [0.4, 0.5) is 11.4 Å². The van der Waals surface area contributed by atoms with Gasteiger partial charge >= 0.3 is 11.9 Å². The fourth-order valence-corrected chi connectivity index (χ4v) is 2.65. The average molecular weight is 456 g/mol. The van der Waals surface area contributed by atoms with Gasteiger partial charge in [0.2, 0.25) is 5.91 Å². The van der Waals surface area contributed by atoms with E-state index >= 15 is 0 Å².